The molecule has 1 aliphatic rings. The molecule has 25 heteroatoms. The van der Waals surface area contributed by atoms with Crippen molar-refractivity contribution in [2.24, 2.45) is 23.1 Å². The molecule has 3 aromatic carbocycles. The number of aromatic nitrogens is 1. The van der Waals surface area contributed by atoms with E-state index in [2.05, 4.69) is 42.2 Å². The van der Waals surface area contributed by atoms with Crippen LogP contribution in [0.1, 0.15) is 63.6 Å². The van der Waals surface area contributed by atoms with Crippen molar-refractivity contribution in [1.29, 1.82) is 0 Å². The highest BCUT2D eigenvalue weighted by Gasteiger charge is 2.36. The second kappa shape index (κ2) is 33.1. The van der Waals surface area contributed by atoms with Gasteiger partial charge in [0.05, 0.1) is 30.9 Å². The minimum atomic E-state index is -1.66. The number of para-hydroxylation sites is 1. The van der Waals surface area contributed by atoms with Gasteiger partial charge >= 0.3 is 5.97 Å². The minimum Gasteiger partial charge on any atom is -0.480 e. The Kier molecular flexibility index (Phi) is 27.2. The van der Waals surface area contributed by atoms with E-state index in [-0.39, 0.29) is 49.7 Å². The Bertz CT molecular complexity index is 2610. The number of nitrogens with one attached hydrogen (secondary N) is 8. The predicted molar refractivity (Wildman–Crippen MR) is 303 cm³/mol. The topological polar surface area (TPSA) is 396 Å². The monoisotopic (exact) mass is 1140 g/mol. The van der Waals surface area contributed by atoms with Crippen molar-refractivity contribution in [1.82, 2.24) is 42.2 Å². The first kappa shape index (κ1) is 64.9. The van der Waals surface area contributed by atoms with Crippen LogP contribution < -0.4 is 54.4 Å². The molecule has 23 nitrogen and oxygen atoms in total. The molecule has 1 aliphatic heterocycles. The number of carbonyl (C=O) groups excluding carboxylic acids is 7. The molecule has 1 unspecified atom stereocenters. The average Bonchev–Trinajstić information content (AvgIpc) is 3.88. The Labute approximate surface area is 467 Å². The van der Waals surface area contributed by atoms with Crippen molar-refractivity contribution in [3.05, 3.63) is 108 Å². The molecule has 1 saturated heterocycles. The molecule has 79 heavy (non-hydrogen) atoms. The number of carboxylic acid groups (broad SMARTS) is 1. The highest BCUT2D eigenvalue weighted by molar-refractivity contribution is 8.76. The second-order valence-electron chi connectivity index (χ2n) is 19.6. The number of unbranched alkanes of at least 4 members (excludes halogenated alkanes) is 1. The van der Waals surface area contributed by atoms with Crippen molar-refractivity contribution < 1.29 is 58.8 Å². The molecule has 0 spiro atoms. The van der Waals surface area contributed by atoms with Crippen LogP contribution in [0.4, 0.5) is 0 Å². The summed E-state index contributed by atoms with van der Waals surface area (Å²) in [5.74, 6) is -6.92. The number of carboxylic acids is 1. The Morgan fingerprint density at radius 2 is 1.27 bits per heavy atom. The fraction of sp³-hybridized carbons (Fsp3) is 0.481. The molecule has 0 radical (unpaired) electrons. The van der Waals surface area contributed by atoms with Crippen LogP contribution in [0.15, 0.2) is 91.1 Å². The number of hydrogen-bond acceptors (Lipinski definition) is 16. The third-order valence-electron chi connectivity index (χ3n) is 12.9. The van der Waals surface area contributed by atoms with Crippen molar-refractivity contribution in [3.8, 4) is 0 Å². The highest BCUT2D eigenvalue weighted by atomic mass is 33.1. The molecule has 432 valence electrons. The maximum atomic E-state index is 14.7. The lowest BCUT2D eigenvalue weighted by Crippen LogP contribution is -2.62. The fourth-order valence-corrected chi connectivity index (χ4v) is 10.3. The van der Waals surface area contributed by atoms with Gasteiger partial charge in [-0.15, -0.1) is 0 Å². The number of nitrogens with two attached hydrogens (primary N) is 3. The van der Waals surface area contributed by atoms with E-state index >= 15 is 0 Å². The second-order valence-corrected chi connectivity index (χ2v) is 22.1. The number of benzene rings is 3. The van der Waals surface area contributed by atoms with Gasteiger partial charge < -0.3 is 79.8 Å². The predicted octanol–water partition coefficient (Wildman–Crippen LogP) is -0.751. The van der Waals surface area contributed by atoms with Gasteiger partial charge in [0, 0.05) is 41.4 Å². The normalized spacial score (nSPS) is 21.9. The molecule has 18 N–H and O–H groups in total. The minimum absolute atomic E-state index is 0.0208. The zero-order valence-electron chi connectivity index (χ0n) is 44.8. The summed E-state index contributed by atoms with van der Waals surface area (Å²) in [5, 5.41) is 58.7. The molecule has 7 amide bonds. The third kappa shape index (κ3) is 21.2. The lowest BCUT2D eigenvalue weighted by Gasteiger charge is -2.29. The number of aliphatic hydroxyl groups is 3. The molecular weight excluding hydrogens is 1060 g/mol. The Hall–Kier alpha value is -6.58. The van der Waals surface area contributed by atoms with Gasteiger partial charge in [0.25, 0.3) is 0 Å². The van der Waals surface area contributed by atoms with Crippen molar-refractivity contribution >= 4 is 79.8 Å². The van der Waals surface area contributed by atoms with Crippen molar-refractivity contribution in [2.45, 2.75) is 133 Å². The van der Waals surface area contributed by atoms with Crippen LogP contribution in [0.2, 0.25) is 0 Å². The summed E-state index contributed by atoms with van der Waals surface area (Å²) in [6.45, 7) is 5.78. The van der Waals surface area contributed by atoms with E-state index in [1.165, 1.54) is 13.8 Å². The van der Waals surface area contributed by atoms with Crippen LogP contribution in [0.5, 0.6) is 0 Å². The van der Waals surface area contributed by atoms with Gasteiger partial charge in [-0.1, -0.05) is 114 Å². The Morgan fingerprint density at radius 3 is 1.85 bits per heavy atom. The zero-order valence-corrected chi connectivity index (χ0v) is 46.4. The summed E-state index contributed by atoms with van der Waals surface area (Å²) >= 11 is 0. The number of aromatic amines is 1. The average molecular weight is 1140 g/mol. The van der Waals surface area contributed by atoms with E-state index < -0.39 is 121 Å². The van der Waals surface area contributed by atoms with E-state index in [9.17, 15) is 53.7 Å². The SMILES string of the molecule is CC(C)[C@H](N)C(=O)O.CC(O)[C@@H]1NC(=O)[C@H](CCCCN)NC(=O)[C@@H](Cc2c[nH]c3ccccc23)NC(=O)[C@H](Cc2ccccc2)NC(=O)[C@@H](NC(=O)[C@H](N)Cc2ccccc2)CSSC[C@@H](C(=O)N[C@H](CO)[C@@H](C)O)NC1=O. The summed E-state index contributed by atoms with van der Waals surface area (Å²) in [6.07, 6.45) is -0.156. The highest BCUT2D eigenvalue weighted by Crippen LogP contribution is 2.24. The molecule has 1 aromatic heterocycles. The number of aliphatic carboxylic acids is 1. The Morgan fingerprint density at radius 1 is 0.696 bits per heavy atom. The molecule has 4 aromatic rings. The quantitative estimate of drug-likeness (QED) is 0.0406. The summed E-state index contributed by atoms with van der Waals surface area (Å²) in [5.41, 5.74) is 20.2. The van der Waals surface area contributed by atoms with E-state index in [4.69, 9.17) is 22.3 Å². The van der Waals surface area contributed by atoms with Gasteiger partial charge in [0.1, 0.15) is 42.3 Å². The third-order valence-corrected chi connectivity index (χ3v) is 15.3. The van der Waals surface area contributed by atoms with Gasteiger partial charge in [-0.25, -0.2) is 0 Å². The fourth-order valence-electron chi connectivity index (χ4n) is 8.01. The zero-order chi connectivity index (χ0) is 58.2. The number of fused-ring (bicyclic) bond motifs is 1. The summed E-state index contributed by atoms with van der Waals surface area (Å²) in [4.78, 5) is 113. The lowest BCUT2D eigenvalue weighted by atomic mass is 10.0. The van der Waals surface area contributed by atoms with E-state index in [1.807, 2.05) is 30.3 Å². The largest absolute Gasteiger partial charge is 0.480 e. The summed E-state index contributed by atoms with van der Waals surface area (Å²) in [6, 6.07) is 13.9. The van der Waals surface area contributed by atoms with Crippen LogP contribution in [0.25, 0.3) is 10.9 Å². The number of amides is 7. The first-order chi connectivity index (χ1) is 37.6. The number of aliphatic hydroxyl groups excluding tert-OH is 3. The van der Waals surface area contributed by atoms with Gasteiger partial charge in [-0.2, -0.15) is 0 Å². The van der Waals surface area contributed by atoms with Crippen LogP contribution in [0, 0.1) is 5.92 Å². The lowest BCUT2D eigenvalue weighted by molar-refractivity contribution is -0.139. The molecule has 11 atom stereocenters. The molecule has 0 saturated carbocycles. The summed E-state index contributed by atoms with van der Waals surface area (Å²) < 4.78 is 0. The van der Waals surface area contributed by atoms with Crippen LogP contribution in [-0.2, 0) is 57.6 Å². The first-order valence-corrected chi connectivity index (χ1v) is 28.5. The molecular formula is C54H77N11O12S2. The van der Waals surface area contributed by atoms with Crippen molar-refractivity contribution in [3.63, 3.8) is 0 Å². The number of hydrogen-bond donors (Lipinski definition) is 15. The van der Waals surface area contributed by atoms with Gasteiger partial charge in [0.2, 0.25) is 41.4 Å². The maximum Gasteiger partial charge on any atom is 0.320 e. The van der Waals surface area contributed by atoms with Gasteiger partial charge in [0.15, 0.2) is 0 Å². The van der Waals surface area contributed by atoms with Crippen molar-refractivity contribution in [2.75, 3.05) is 24.7 Å². The molecule has 1 fully saturated rings. The van der Waals surface area contributed by atoms with E-state index in [1.54, 1.807) is 74.6 Å². The van der Waals surface area contributed by atoms with Crippen LogP contribution in [-0.4, -0.2) is 164 Å². The standard InChI is InChI=1S/C49H66N10O10S2.C5H11NO2/c1-28(61)39(25-60)56-48(68)41-27-71-70-26-40(57-43(63)34(51)21-30-13-5-3-6-14-30)47(67)54-37(22-31-15-7-4-8-16-31)45(65)55-38(23-32-24-52-35-18-10-9-17-33(32)35)46(66)53-36(19-11-12-20-50)44(64)59-42(29(2)62)49(69)58-41;1-3(2)4(6)5(7)8/h3-10,13-18,24,28-29,34,36-42,52,60-62H,11-12,19-23,25-27,50-51H2,1-2H3,(H,53,66)(H,54,67)(H,55,65)(H,56,68)(H,57,63)(H,58,69)(H,59,64);3-4H,6H2,1-2H3,(H,7,8)/t28-,29?,34-,36+,37+,38-,39-,40+,41+,42+;4-/m10/s1. The number of H-pyrrole nitrogens is 1. The van der Waals surface area contributed by atoms with Crippen LogP contribution in [0.3, 0.4) is 0 Å². The van der Waals surface area contributed by atoms with E-state index in [0.29, 0.717) is 24.0 Å². The first-order valence-electron chi connectivity index (χ1n) is 26.0. The molecule has 5 rings (SSSR count). The van der Waals surface area contributed by atoms with Gasteiger partial charge in [-0.05, 0) is 74.8 Å². The van der Waals surface area contributed by atoms with Crippen LogP contribution >= 0.6 is 21.6 Å². The molecule has 0 bridgehead atoms. The van der Waals surface area contributed by atoms with Gasteiger partial charge in [-0.3, -0.25) is 38.4 Å². The summed E-state index contributed by atoms with van der Waals surface area (Å²) in [7, 11) is 2.06. The Balaban J connectivity index is 0.00000155. The molecule has 0 aliphatic carbocycles. The van der Waals surface area contributed by atoms with E-state index in [0.717, 1.165) is 38.1 Å². The number of rotatable bonds is 19. The maximum absolute atomic E-state index is 14.7. The smallest absolute Gasteiger partial charge is 0.320 e. The molecule has 2 heterocycles. The number of carbonyl (C=O) groups is 8.